The first kappa shape index (κ1) is 17.2. The van der Waals surface area contributed by atoms with Gasteiger partial charge in [-0.05, 0) is 36.4 Å². The van der Waals surface area contributed by atoms with Crippen LogP contribution in [0.25, 0.3) is 0 Å². The Kier molecular flexibility index (Phi) is 5.68. The molecule has 6 heteroatoms. The minimum absolute atomic E-state index is 0.317. The summed E-state index contributed by atoms with van der Waals surface area (Å²) in [4.78, 5) is 34.2. The van der Waals surface area contributed by atoms with Gasteiger partial charge in [0, 0.05) is 19.4 Å². The second-order valence-electron chi connectivity index (χ2n) is 4.88. The Labute approximate surface area is 139 Å². The van der Waals surface area contributed by atoms with Crippen LogP contribution in [-0.2, 0) is 19.1 Å². The minimum atomic E-state index is -1.14. The molecule has 0 radical (unpaired) electrons. The molecule has 0 amide bonds. The van der Waals surface area contributed by atoms with Gasteiger partial charge in [-0.25, -0.2) is 4.79 Å². The number of hydrogen-bond donors (Lipinski definition) is 0. The number of benzene rings is 2. The van der Waals surface area contributed by atoms with E-state index in [1.54, 1.807) is 42.5 Å². The third-order valence-electron chi connectivity index (χ3n) is 2.92. The van der Waals surface area contributed by atoms with E-state index in [-0.39, 0.29) is 0 Å². The van der Waals surface area contributed by atoms with Crippen LogP contribution in [-0.4, -0.2) is 17.9 Å². The Bertz CT molecular complexity index is 705. The van der Waals surface area contributed by atoms with Crippen LogP contribution in [0, 0.1) is 0 Å². The summed E-state index contributed by atoms with van der Waals surface area (Å²) >= 11 is 0. The van der Waals surface area contributed by atoms with Crippen molar-refractivity contribution in [1.82, 2.24) is 0 Å². The van der Waals surface area contributed by atoms with Crippen LogP contribution in [0.4, 0.5) is 0 Å². The molecular weight excluding hydrogens is 312 g/mol. The molecule has 0 saturated carbocycles. The van der Waals surface area contributed by atoms with Gasteiger partial charge >= 0.3 is 17.9 Å². The molecule has 0 aliphatic rings. The van der Waals surface area contributed by atoms with Crippen molar-refractivity contribution in [2.24, 2.45) is 0 Å². The summed E-state index contributed by atoms with van der Waals surface area (Å²) < 4.78 is 15.1. The lowest BCUT2D eigenvalue weighted by atomic mass is 10.2. The number of rotatable bonds is 5. The number of carbonyl (C=O) groups excluding carboxylic acids is 3. The molecule has 2 aromatic rings. The van der Waals surface area contributed by atoms with Gasteiger partial charge in [0.2, 0.25) is 0 Å². The van der Waals surface area contributed by atoms with Gasteiger partial charge in [-0.3, -0.25) is 9.59 Å². The summed E-state index contributed by atoms with van der Waals surface area (Å²) in [5.41, 5.74) is 0.874. The van der Waals surface area contributed by atoms with Crippen molar-refractivity contribution >= 4 is 17.9 Å². The highest BCUT2D eigenvalue weighted by Gasteiger charge is 2.18. The highest BCUT2D eigenvalue weighted by Crippen LogP contribution is 2.23. The van der Waals surface area contributed by atoms with Gasteiger partial charge in [0.25, 0.3) is 6.29 Å². The van der Waals surface area contributed by atoms with Crippen molar-refractivity contribution in [3.8, 4) is 5.75 Å². The first-order chi connectivity index (χ1) is 11.5. The normalized spacial score (nSPS) is 10.1. The fourth-order valence-corrected chi connectivity index (χ4v) is 1.89. The second-order valence-corrected chi connectivity index (χ2v) is 4.88. The standard InChI is InChI=1S/C18H16O6/c1-12(19)22-18(23-13(2)20)15-8-10-16(11-9-15)24-17(21)14-6-4-3-5-7-14/h3-11,18H,1-2H3. The highest BCUT2D eigenvalue weighted by molar-refractivity contribution is 5.90. The van der Waals surface area contributed by atoms with E-state index in [1.807, 2.05) is 0 Å². The van der Waals surface area contributed by atoms with Crippen molar-refractivity contribution < 1.29 is 28.6 Å². The van der Waals surface area contributed by atoms with Gasteiger partial charge in [0.1, 0.15) is 5.75 Å². The molecule has 124 valence electrons. The Morgan fingerprint density at radius 1 is 0.792 bits per heavy atom. The van der Waals surface area contributed by atoms with Crippen LogP contribution in [0.1, 0.15) is 36.1 Å². The first-order valence-electron chi connectivity index (χ1n) is 7.17. The molecule has 0 atom stereocenters. The van der Waals surface area contributed by atoms with Crippen LogP contribution in [0.15, 0.2) is 54.6 Å². The van der Waals surface area contributed by atoms with E-state index in [1.165, 1.54) is 26.0 Å². The second kappa shape index (κ2) is 7.92. The van der Waals surface area contributed by atoms with Crippen molar-refractivity contribution in [2.45, 2.75) is 20.1 Å². The summed E-state index contributed by atoms with van der Waals surface area (Å²) in [6.45, 7) is 2.43. The van der Waals surface area contributed by atoms with Crippen LogP contribution in [0.2, 0.25) is 0 Å². The molecule has 0 unspecified atom stereocenters. The van der Waals surface area contributed by atoms with Crippen molar-refractivity contribution in [3.63, 3.8) is 0 Å². The molecule has 0 fully saturated rings. The average Bonchev–Trinajstić information content (AvgIpc) is 2.55. The van der Waals surface area contributed by atoms with Gasteiger partial charge < -0.3 is 14.2 Å². The van der Waals surface area contributed by atoms with Gasteiger partial charge in [-0.2, -0.15) is 0 Å². The van der Waals surface area contributed by atoms with Crippen LogP contribution in [0.5, 0.6) is 5.75 Å². The zero-order valence-corrected chi connectivity index (χ0v) is 13.2. The monoisotopic (exact) mass is 328 g/mol. The van der Waals surface area contributed by atoms with Crippen LogP contribution < -0.4 is 4.74 Å². The van der Waals surface area contributed by atoms with E-state index < -0.39 is 24.2 Å². The highest BCUT2D eigenvalue weighted by atomic mass is 16.7. The number of carbonyl (C=O) groups is 3. The Morgan fingerprint density at radius 3 is 1.83 bits per heavy atom. The Balaban J connectivity index is 2.09. The molecule has 0 saturated heterocycles. The zero-order chi connectivity index (χ0) is 17.5. The lowest BCUT2D eigenvalue weighted by molar-refractivity contribution is -0.186. The quantitative estimate of drug-likeness (QED) is 0.477. The maximum atomic E-state index is 12.0. The summed E-state index contributed by atoms with van der Waals surface area (Å²) in [7, 11) is 0. The molecule has 24 heavy (non-hydrogen) atoms. The van der Waals surface area contributed by atoms with E-state index >= 15 is 0 Å². The SMILES string of the molecule is CC(=O)OC(OC(C)=O)c1ccc(OC(=O)c2ccccc2)cc1. The summed E-state index contributed by atoms with van der Waals surface area (Å²) in [6.07, 6.45) is -1.14. The van der Waals surface area contributed by atoms with E-state index in [0.29, 0.717) is 16.9 Å². The lowest BCUT2D eigenvalue weighted by Crippen LogP contribution is -2.15. The van der Waals surface area contributed by atoms with E-state index in [0.717, 1.165) is 0 Å². The number of esters is 3. The fraction of sp³-hybridized carbons (Fsp3) is 0.167. The zero-order valence-electron chi connectivity index (χ0n) is 13.2. The number of hydrogen-bond acceptors (Lipinski definition) is 6. The van der Waals surface area contributed by atoms with E-state index in [9.17, 15) is 14.4 Å². The largest absolute Gasteiger partial charge is 0.423 e. The maximum absolute atomic E-state index is 12.0. The minimum Gasteiger partial charge on any atom is -0.423 e. The fourth-order valence-electron chi connectivity index (χ4n) is 1.89. The molecule has 0 aromatic heterocycles. The van der Waals surface area contributed by atoms with Crippen LogP contribution >= 0.6 is 0 Å². The number of ether oxygens (including phenoxy) is 3. The third-order valence-corrected chi connectivity index (χ3v) is 2.92. The van der Waals surface area contributed by atoms with Gasteiger partial charge in [0.15, 0.2) is 0 Å². The van der Waals surface area contributed by atoms with Gasteiger partial charge in [-0.15, -0.1) is 0 Å². The van der Waals surface area contributed by atoms with E-state index in [4.69, 9.17) is 14.2 Å². The molecule has 2 rings (SSSR count). The summed E-state index contributed by atoms with van der Waals surface area (Å²) in [5, 5.41) is 0. The van der Waals surface area contributed by atoms with Crippen molar-refractivity contribution in [2.75, 3.05) is 0 Å². The average molecular weight is 328 g/mol. The molecule has 0 heterocycles. The first-order valence-corrected chi connectivity index (χ1v) is 7.17. The molecular formula is C18H16O6. The van der Waals surface area contributed by atoms with Gasteiger partial charge in [0.05, 0.1) is 5.56 Å². The predicted octanol–water partition coefficient (Wildman–Crippen LogP) is 3.03. The van der Waals surface area contributed by atoms with Crippen molar-refractivity contribution in [3.05, 3.63) is 65.7 Å². The van der Waals surface area contributed by atoms with E-state index in [2.05, 4.69) is 0 Å². The summed E-state index contributed by atoms with van der Waals surface area (Å²) in [5.74, 6) is -1.33. The lowest BCUT2D eigenvalue weighted by Gasteiger charge is -2.17. The van der Waals surface area contributed by atoms with Crippen LogP contribution in [0.3, 0.4) is 0 Å². The molecule has 2 aromatic carbocycles. The Hall–Kier alpha value is -3.15. The molecule has 6 nitrogen and oxygen atoms in total. The van der Waals surface area contributed by atoms with Crippen molar-refractivity contribution in [1.29, 1.82) is 0 Å². The molecule has 0 N–H and O–H groups in total. The molecule has 0 aliphatic carbocycles. The summed E-state index contributed by atoms with van der Waals surface area (Å²) in [6, 6.07) is 14.7. The molecule has 0 spiro atoms. The predicted molar refractivity (Wildman–Crippen MR) is 84.1 cm³/mol. The third kappa shape index (κ3) is 4.95. The Morgan fingerprint density at radius 2 is 1.33 bits per heavy atom. The smallest absolute Gasteiger partial charge is 0.343 e. The molecule has 0 aliphatic heterocycles. The van der Waals surface area contributed by atoms with Gasteiger partial charge in [-0.1, -0.05) is 18.2 Å². The molecule has 0 bridgehead atoms. The maximum Gasteiger partial charge on any atom is 0.343 e. The topological polar surface area (TPSA) is 78.9 Å².